The van der Waals surface area contributed by atoms with Crippen molar-refractivity contribution in [1.29, 1.82) is 0 Å². The monoisotopic (exact) mass is 226 g/mol. The first kappa shape index (κ1) is 11.9. The predicted octanol–water partition coefficient (Wildman–Crippen LogP) is 1.02. The van der Waals surface area contributed by atoms with E-state index in [0.717, 1.165) is 25.6 Å². The van der Waals surface area contributed by atoms with E-state index in [1.165, 1.54) is 12.8 Å². The van der Waals surface area contributed by atoms with Gasteiger partial charge in [-0.05, 0) is 39.8 Å². The van der Waals surface area contributed by atoms with Crippen LogP contribution in [0.4, 0.5) is 0 Å². The maximum absolute atomic E-state index is 10.9. The molecule has 1 saturated heterocycles. The van der Waals surface area contributed by atoms with Crippen LogP contribution in [0.25, 0.3) is 0 Å². The van der Waals surface area contributed by atoms with Crippen LogP contribution in [0.3, 0.4) is 0 Å². The van der Waals surface area contributed by atoms with Crippen molar-refractivity contribution in [1.82, 2.24) is 9.80 Å². The van der Waals surface area contributed by atoms with E-state index in [1.807, 2.05) is 0 Å². The molecule has 2 fully saturated rings. The van der Waals surface area contributed by atoms with Gasteiger partial charge in [-0.25, -0.2) is 0 Å². The van der Waals surface area contributed by atoms with Crippen molar-refractivity contribution in [3.63, 3.8) is 0 Å². The second-order valence-corrected chi connectivity index (χ2v) is 5.30. The van der Waals surface area contributed by atoms with Crippen LogP contribution in [-0.4, -0.2) is 59.1 Å². The van der Waals surface area contributed by atoms with Crippen molar-refractivity contribution in [3.05, 3.63) is 0 Å². The van der Waals surface area contributed by atoms with Crippen LogP contribution in [0.2, 0.25) is 0 Å². The highest BCUT2D eigenvalue weighted by atomic mass is 16.4. The second-order valence-electron chi connectivity index (χ2n) is 5.30. The van der Waals surface area contributed by atoms with Crippen LogP contribution in [0.5, 0.6) is 0 Å². The fourth-order valence-corrected chi connectivity index (χ4v) is 2.64. The summed E-state index contributed by atoms with van der Waals surface area (Å²) in [5.41, 5.74) is 0. The topological polar surface area (TPSA) is 43.8 Å². The molecular formula is C12H22N2O2. The Morgan fingerprint density at radius 1 is 1.38 bits per heavy atom. The molecule has 0 aromatic carbocycles. The smallest absolute Gasteiger partial charge is 0.304 e. The molecule has 1 heterocycles. The molecule has 0 spiro atoms. The molecule has 0 radical (unpaired) electrons. The van der Waals surface area contributed by atoms with Crippen LogP contribution in [-0.2, 0) is 4.79 Å². The summed E-state index contributed by atoms with van der Waals surface area (Å²) in [7, 11) is 2.05. The number of likely N-dealkylation sites (N-methyl/N-ethyl adjacent to an activating group) is 1. The molecule has 1 saturated carbocycles. The minimum absolute atomic E-state index is 0.183. The number of hydrogen-bond acceptors (Lipinski definition) is 3. The number of nitrogens with zero attached hydrogens (tertiary/aromatic N) is 2. The Labute approximate surface area is 97.2 Å². The summed E-state index contributed by atoms with van der Waals surface area (Å²) in [6.07, 6.45) is 4.03. The van der Waals surface area contributed by atoms with Gasteiger partial charge in [0.15, 0.2) is 0 Å². The molecule has 2 atom stereocenters. The van der Waals surface area contributed by atoms with Crippen LogP contribution in [0.15, 0.2) is 0 Å². The van der Waals surface area contributed by atoms with Crippen LogP contribution in [0.1, 0.15) is 32.6 Å². The number of carboxylic acids is 1. The molecule has 1 aliphatic carbocycles. The predicted molar refractivity (Wildman–Crippen MR) is 62.5 cm³/mol. The number of carbonyl (C=O) groups is 1. The third-order valence-corrected chi connectivity index (χ3v) is 3.94. The standard InChI is InChI=1S/C12H22N2O2/c1-9-5-6-13(2)11(7-12(15)16)8-14(9)10-3-4-10/h9-11H,3-8H2,1-2H3,(H,15,16). The molecule has 2 rings (SSSR count). The van der Waals surface area contributed by atoms with E-state index in [1.54, 1.807) is 0 Å². The quantitative estimate of drug-likeness (QED) is 0.780. The third kappa shape index (κ3) is 2.74. The lowest BCUT2D eigenvalue weighted by atomic mass is 10.1. The van der Waals surface area contributed by atoms with E-state index in [0.29, 0.717) is 6.04 Å². The van der Waals surface area contributed by atoms with E-state index in [-0.39, 0.29) is 12.5 Å². The summed E-state index contributed by atoms with van der Waals surface area (Å²) >= 11 is 0. The van der Waals surface area contributed by atoms with E-state index in [9.17, 15) is 4.79 Å². The summed E-state index contributed by atoms with van der Waals surface area (Å²) in [6, 6.07) is 1.52. The normalized spacial score (nSPS) is 33.6. The molecule has 2 unspecified atom stereocenters. The lowest BCUT2D eigenvalue weighted by Crippen LogP contribution is -2.42. The molecule has 4 nitrogen and oxygen atoms in total. The molecule has 1 aliphatic heterocycles. The van der Waals surface area contributed by atoms with Crippen LogP contribution >= 0.6 is 0 Å². The average Bonchev–Trinajstić information content (AvgIpc) is 3.02. The summed E-state index contributed by atoms with van der Waals surface area (Å²) in [5, 5.41) is 8.94. The zero-order valence-corrected chi connectivity index (χ0v) is 10.2. The molecule has 0 aromatic heterocycles. The van der Waals surface area contributed by atoms with Crippen molar-refractivity contribution in [2.24, 2.45) is 0 Å². The van der Waals surface area contributed by atoms with Gasteiger partial charge in [0, 0.05) is 24.7 Å². The summed E-state index contributed by atoms with van der Waals surface area (Å²) in [5.74, 6) is -0.679. The molecule has 0 aromatic rings. The Kier molecular flexibility index (Phi) is 3.50. The van der Waals surface area contributed by atoms with Gasteiger partial charge in [0.25, 0.3) is 0 Å². The molecule has 92 valence electrons. The molecule has 2 aliphatic rings. The fourth-order valence-electron chi connectivity index (χ4n) is 2.64. The zero-order chi connectivity index (χ0) is 11.7. The van der Waals surface area contributed by atoms with Crippen LogP contribution in [0, 0.1) is 0 Å². The Bertz CT molecular complexity index is 266. The highest BCUT2D eigenvalue weighted by Crippen LogP contribution is 2.31. The average molecular weight is 226 g/mol. The van der Waals surface area contributed by atoms with Crippen molar-refractivity contribution in [2.75, 3.05) is 20.1 Å². The van der Waals surface area contributed by atoms with Crippen molar-refractivity contribution in [3.8, 4) is 0 Å². The van der Waals surface area contributed by atoms with Gasteiger partial charge >= 0.3 is 5.97 Å². The van der Waals surface area contributed by atoms with E-state index < -0.39 is 5.97 Å². The molecule has 1 N–H and O–H groups in total. The Morgan fingerprint density at radius 3 is 2.62 bits per heavy atom. The highest BCUT2D eigenvalue weighted by Gasteiger charge is 2.36. The first-order chi connectivity index (χ1) is 7.58. The van der Waals surface area contributed by atoms with Crippen molar-refractivity contribution >= 4 is 5.97 Å². The van der Waals surface area contributed by atoms with Gasteiger partial charge in [0.2, 0.25) is 0 Å². The molecule has 0 bridgehead atoms. The summed E-state index contributed by atoms with van der Waals surface area (Å²) in [4.78, 5) is 15.6. The molecule has 0 amide bonds. The minimum Gasteiger partial charge on any atom is -0.481 e. The number of aliphatic carboxylic acids is 1. The second kappa shape index (κ2) is 4.72. The van der Waals surface area contributed by atoms with E-state index in [2.05, 4.69) is 23.8 Å². The fraction of sp³-hybridized carbons (Fsp3) is 0.917. The Hall–Kier alpha value is -0.610. The van der Waals surface area contributed by atoms with Gasteiger partial charge < -0.3 is 10.0 Å². The first-order valence-corrected chi connectivity index (χ1v) is 6.25. The van der Waals surface area contributed by atoms with Crippen molar-refractivity contribution < 1.29 is 9.90 Å². The molecule has 16 heavy (non-hydrogen) atoms. The highest BCUT2D eigenvalue weighted by molar-refractivity contribution is 5.67. The number of hydrogen-bond donors (Lipinski definition) is 1. The number of carboxylic acid groups (broad SMARTS) is 1. The van der Waals surface area contributed by atoms with E-state index >= 15 is 0 Å². The van der Waals surface area contributed by atoms with Gasteiger partial charge in [0.05, 0.1) is 6.42 Å². The zero-order valence-electron chi connectivity index (χ0n) is 10.2. The van der Waals surface area contributed by atoms with Gasteiger partial charge in [-0.3, -0.25) is 9.69 Å². The Morgan fingerprint density at radius 2 is 2.06 bits per heavy atom. The van der Waals surface area contributed by atoms with E-state index in [4.69, 9.17) is 5.11 Å². The lowest BCUT2D eigenvalue weighted by Gasteiger charge is -2.30. The SMILES string of the molecule is CC1CCN(C)C(CC(=O)O)CN1C1CC1. The van der Waals surface area contributed by atoms with Gasteiger partial charge in [-0.15, -0.1) is 0 Å². The lowest BCUT2D eigenvalue weighted by molar-refractivity contribution is -0.138. The van der Waals surface area contributed by atoms with Crippen LogP contribution < -0.4 is 0 Å². The summed E-state index contributed by atoms with van der Waals surface area (Å²) < 4.78 is 0. The maximum Gasteiger partial charge on any atom is 0.304 e. The van der Waals surface area contributed by atoms with Gasteiger partial charge in [-0.1, -0.05) is 0 Å². The van der Waals surface area contributed by atoms with Gasteiger partial charge in [-0.2, -0.15) is 0 Å². The maximum atomic E-state index is 10.9. The largest absolute Gasteiger partial charge is 0.481 e. The van der Waals surface area contributed by atoms with Crippen molar-refractivity contribution in [2.45, 2.75) is 50.7 Å². The molecular weight excluding hydrogens is 204 g/mol. The minimum atomic E-state index is -0.679. The first-order valence-electron chi connectivity index (χ1n) is 6.25. The third-order valence-electron chi connectivity index (χ3n) is 3.94. The van der Waals surface area contributed by atoms with Gasteiger partial charge in [0.1, 0.15) is 0 Å². The number of rotatable bonds is 3. The molecule has 4 heteroatoms. The summed E-state index contributed by atoms with van der Waals surface area (Å²) in [6.45, 7) is 4.21. The Balaban J connectivity index is 2.01.